The predicted molar refractivity (Wildman–Crippen MR) is 148 cm³/mol. The number of thiophene rings is 1. The van der Waals surface area contributed by atoms with Gasteiger partial charge in [-0.15, -0.1) is 11.3 Å². The lowest BCUT2D eigenvalue weighted by molar-refractivity contribution is 0.0927. The summed E-state index contributed by atoms with van der Waals surface area (Å²) in [6, 6.07) is 23.0. The second kappa shape index (κ2) is 10.9. The molecule has 5 rings (SSSR count). The summed E-state index contributed by atoms with van der Waals surface area (Å²) in [7, 11) is 0. The SMILES string of the molecule is CC(C)n1cc(-c2ccc(Oc3ccccc3NC(O)CNC(=O)c3ccc4sccc4c3)cc2)cn1. The number of aliphatic hydroxyl groups is 1. The van der Waals surface area contributed by atoms with Gasteiger partial charge in [-0.2, -0.15) is 5.10 Å². The summed E-state index contributed by atoms with van der Waals surface area (Å²) in [6.45, 7) is 4.22. The third-order valence-corrected chi connectivity index (χ3v) is 6.82. The number of rotatable bonds is 9. The Morgan fingerprint density at radius 3 is 2.65 bits per heavy atom. The van der Waals surface area contributed by atoms with Gasteiger partial charge in [0.25, 0.3) is 5.91 Å². The second-order valence-corrected chi connectivity index (χ2v) is 9.92. The summed E-state index contributed by atoms with van der Waals surface area (Å²) in [5, 5.41) is 23.8. The van der Waals surface area contributed by atoms with Crippen LogP contribution in [0.5, 0.6) is 11.5 Å². The van der Waals surface area contributed by atoms with Gasteiger partial charge in [0.1, 0.15) is 12.0 Å². The molecule has 7 nitrogen and oxygen atoms in total. The summed E-state index contributed by atoms with van der Waals surface area (Å²) in [4.78, 5) is 12.6. The Kier molecular flexibility index (Phi) is 7.20. The molecule has 2 heterocycles. The molecule has 1 atom stereocenters. The molecule has 8 heteroatoms. The van der Waals surface area contributed by atoms with E-state index < -0.39 is 6.23 Å². The fourth-order valence-corrected chi connectivity index (χ4v) is 4.69. The molecule has 1 amide bonds. The number of amides is 1. The molecule has 0 radical (unpaired) electrons. The lowest BCUT2D eigenvalue weighted by atomic mass is 10.1. The van der Waals surface area contributed by atoms with Gasteiger partial charge in [0, 0.05) is 28.1 Å². The normalized spacial score (nSPS) is 12.0. The van der Waals surface area contributed by atoms with E-state index in [1.165, 1.54) is 0 Å². The molecule has 0 fully saturated rings. The third-order valence-electron chi connectivity index (χ3n) is 5.93. The molecular formula is C29H28N4O3S. The van der Waals surface area contributed by atoms with Crippen molar-refractivity contribution in [3.05, 3.63) is 96.1 Å². The van der Waals surface area contributed by atoms with Crippen LogP contribution in [0.3, 0.4) is 0 Å². The van der Waals surface area contributed by atoms with E-state index in [0.29, 0.717) is 28.8 Å². The number of hydrogen-bond acceptors (Lipinski definition) is 6. The first-order valence-corrected chi connectivity index (χ1v) is 13.0. The van der Waals surface area contributed by atoms with Gasteiger partial charge in [0.15, 0.2) is 5.75 Å². The van der Waals surface area contributed by atoms with E-state index in [0.717, 1.165) is 21.2 Å². The molecule has 3 N–H and O–H groups in total. The minimum atomic E-state index is -1.00. The maximum Gasteiger partial charge on any atom is 0.251 e. The van der Waals surface area contributed by atoms with Crippen molar-refractivity contribution in [1.29, 1.82) is 0 Å². The summed E-state index contributed by atoms with van der Waals surface area (Å²) >= 11 is 1.63. The molecule has 0 bridgehead atoms. The van der Waals surface area contributed by atoms with E-state index in [-0.39, 0.29) is 12.5 Å². The Bertz CT molecular complexity index is 1510. The number of carbonyl (C=O) groups is 1. The molecule has 5 aromatic rings. The quantitative estimate of drug-likeness (QED) is 0.202. The summed E-state index contributed by atoms with van der Waals surface area (Å²) < 4.78 is 9.15. The highest BCUT2D eigenvalue weighted by molar-refractivity contribution is 7.17. The van der Waals surface area contributed by atoms with Crippen molar-refractivity contribution in [2.45, 2.75) is 26.1 Å². The second-order valence-electron chi connectivity index (χ2n) is 8.97. The molecular weight excluding hydrogens is 484 g/mol. The Balaban J connectivity index is 1.20. The molecule has 1 unspecified atom stereocenters. The highest BCUT2D eigenvalue weighted by Crippen LogP contribution is 2.31. The predicted octanol–water partition coefficient (Wildman–Crippen LogP) is 6.30. The number of anilines is 1. The number of ether oxygens (including phenoxy) is 1. The number of hydrogen-bond donors (Lipinski definition) is 3. The number of aromatic nitrogens is 2. The number of fused-ring (bicyclic) bond motifs is 1. The van der Waals surface area contributed by atoms with Crippen molar-refractivity contribution in [3.63, 3.8) is 0 Å². The van der Waals surface area contributed by atoms with Crippen LogP contribution in [0.25, 0.3) is 21.2 Å². The number of benzene rings is 3. The van der Waals surface area contributed by atoms with Crippen LogP contribution in [0.2, 0.25) is 0 Å². The average Bonchev–Trinajstić information content (AvgIpc) is 3.59. The van der Waals surface area contributed by atoms with E-state index in [1.807, 2.05) is 89.2 Å². The maximum atomic E-state index is 12.6. The standard InChI is InChI=1S/C29H28N4O3S/c1-19(2)33-18-23(16-31-33)20-7-10-24(11-8-20)36-26-6-4-3-5-25(26)32-28(34)17-30-29(35)22-9-12-27-21(15-22)13-14-37-27/h3-16,18-19,28,32,34H,17H2,1-2H3,(H,30,35). The highest BCUT2D eigenvalue weighted by Gasteiger charge is 2.13. The van der Waals surface area contributed by atoms with Crippen LogP contribution < -0.4 is 15.4 Å². The Morgan fingerprint density at radius 2 is 1.86 bits per heavy atom. The molecule has 2 aromatic heterocycles. The zero-order valence-corrected chi connectivity index (χ0v) is 21.4. The minimum absolute atomic E-state index is 0.0353. The first-order chi connectivity index (χ1) is 18.0. The molecule has 0 saturated carbocycles. The first kappa shape index (κ1) is 24.5. The Morgan fingerprint density at radius 1 is 1.05 bits per heavy atom. The van der Waals surface area contributed by atoms with Crippen molar-refractivity contribution in [1.82, 2.24) is 15.1 Å². The van der Waals surface area contributed by atoms with Crippen molar-refractivity contribution in [2.75, 3.05) is 11.9 Å². The fraction of sp³-hybridized carbons (Fsp3) is 0.172. The van der Waals surface area contributed by atoms with Crippen molar-refractivity contribution >= 4 is 33.0 Å². The topological polar surface area (TPSA) is 88.4 Å². The number of nitrogens with one attached hydrogen (secondary N) is 2. The van der Waals surface area contributed by atoms with Gasteiger partial charge in [0.2, 0.25) is 0 Å². The summed E-state index contributed by atoms with van der Waals surface area (Å²) in [5.74, 6) is 0.995. The van der Waals surface area contributed by atoms with E-state index in [9.17, 15) is 9.90 Å². The van der Waals surface area contributed by atoms with E-state index in [1.54, 1.807) is 17.4 Å². The third kappa shape index (κ3) is 5.82. The molecule has 37 heavy (non-hydrogen) atoms. The van der Waals surface area contributed by atoms with Crippen molar-refractivity contribution in [3.8, 4) is 22.6 Å². The molecule has 0 spiro atoms. The van der Waals surface area contributed by atoms with Crippen molar-refractivity contribution in [2.24, 2.45) is 0 Å². The average molecular weight is 513 g/mol. The number of aliphatic hydroxyl groups excluding tert-OH is 1. The van der Waals surface area contributed by atoms with Gasteiger partial charge in [-0.3, -0.25) is 9.48 Å². The molecule has 0 saturated heterocycles. The van der Waals surface area contributed by atoms with Gasteiger partial charge in [-0.05, 0) is 78.7 Å². The fourth-order valence-electron chi connectivity index (χ4n) is 3.92. The minimum Gasteiger partial charge on any atom is -0.455 e. The van der Waals surface area contributed by atoms with Crippen LogP contribution in [0.1, 0.15) is 30.2 Å². The highest BCUT2D eigenvalue weighted by atomic mass is 32.1. The van der Waals surface area contributed by atoms with Gasteiger partial charge < -0.3 is 20.5 Å². The van der Waals surface area contributed by atoms with Gasteiger partial charge in [0.05, 0.1) is 18.4 Å². The van der Waals surface area contributed by atoms with Crippen LogP contribution in [0.4, 0.5) is 5.69 Å². The van der Waals surface area contributed by atoms with Gasteiger partial charge in [-0.1, -0.05) is 24.3 Å². The lowest BCUT2D eigenvalue weighted by Crippen LogP contribution is -2.36. The van der Waals surface area contributed by atoms with E-state index >= 15 is 0 Å². The zero-order chi connectivity index (χ0) is 25.8. The summed E-state index contributed by atoms with van der Waals surface area (Å²) in [5.41, 5.74) is 3.27. The Hall–Kier alpha value is -4.14. The van der Waals surface area contributed by atoms with Crippen molar-refractivity contribution < 1.29 is 14.6 Å². The van der Waals surface area contributed by atoms with Crippen LogP contribution in [0, 0.1) is 0 Å². The first-order valence-electron chi connectivity index (χ1n) is 12.1. The number of para-hydroxylation sites is 2. The lowest BCUT2D eigenvalue weighted by Gasteiger charge is -2.18. The molecule has 0 aliphatic carbocycles. The number of nitrogens with zero attached hydrogens (tertiary/aromatic N) is 2. The molecule has 0 aliphatic rings. The molecule has 188 valence electrons. The maximum absolute atomic E-state index is 12.6. The van der Waals surface area contributed by atoms with Crippen LogP contribution in [0.15, 0.2) is 90.6 Å². The van der Waals surface area contributed by atoms with E-state index in [4.69, 9.17) is 4.74 Å². The van der Waals surface area contributed by atoms with Crippen LogP contribution in [-0.2, 0) is 0 Å². The largest absolute Gasteiger partial charge is 0.455 e. The molecule has 0 aliphatic heterocycles. The van der Waals surface area contributed by atoms with Gasteiger partial charge in [-0.25, -0.2) is 0 Å². The van der Waals surface area contributed by atoms with Crippen LogP contribution in [-0.4, -0.2) is 33.6 Å². The van der Waals surface area contributed by atoms with Crippen LogP contribution >= 0.6 is 11.3 Å². The molecule has 3 aromatic carbocycles. The summed E-state index contributed by atoms with van der Waals surface area (Å²) in [6.07, 6.45) is 2.88. The monoisotopic (exact) mass is 512 g/mol. The van der Waals surface area contributed by atoms with E-state index in [2.05, 4.69) is 29.6 Å². The van der Waals surface area contributed by atoms with Gasteiger partial charge >= 0.3 is 0 Å². The Labute approximate surface area is 219 Å². The zero-order valence-electron chi connectivity index (χ0n) is 20.6. The smallest absolute Gasteiger partial charge is 0.251 e. The number of carbonyl (C=O) groups excluding carboxylic acids is 1.